The van der Waals surface area contributed by atoms with Gasteiger partial charge in [-0.2, -0.15) is 0 Å². The fourth-order valence-corrected chi connectivity index (χ4v) is 2.87. The van der Waals surface area contributed by atoms with Gasteiger partial charge in [0.25, 0.3) is 0 Å². The molecule has 5 heteroatoms. The Kier molecular flexibility index (Phi) is 6.53. The van der Waals surface area contributed by atoms with Gasteiger partial charge in [-0.05, 0) is 39.7 Å². The zero-order chi connectivity index (χ0) is 14.5. The summed E-state index contributed by atoms with van der Waals surface area (Å²) >= 11 is 2.41. The van der Waals surface area contributed by atoms with E-state index >= 15 is 0 Å². The quantitative estimate of drug-likeness (QED) is 0.628. The van der Waals surface area contributed by atoms with E-state index in [4.69, 9.17) is 0 Å². The van der Waals surface area contributed by atoms with Gasteiger partial charge in [0.2, 0.25) is 0 Å². The van der Waals surface area contributed by atoms with E-state index in [9.17, 15) is 4.55 Å². The molecule has 19 heavy (non-hydrogen) atoms. The third kappa shape index (κ3) is 5.26. The second-order valence-electron chi connectivity index (χ2n) is 5.31. The van der Waals surface area contributed by atoms with Crippen LogP contribution < -0.4 is 4.72 Å². The fraction of sp³-hybridized carbons (Fsp3) is 0.500. The van der Waals surface area contributed by atoms with Crippen molar-refractivity contribution in [3.63, 3.8) is 0 Å². The lowest BCUT2D eigenvalue weighted by Gasteiger charge is -2.28. The van der Waals surface area contributed by atoms with Crippen LogP contribution in [0.5, 0.6) is 0 Å². The Hall–Kier alpha value is -0.360. The van der Waals surface area contributed by atoms with Crippen LogP contribution in [0.25, 0.3) is 0 Å². The monoisotopic (exact) mass is 344 g/mol. The fourth-order valence-electron chi connectivity index (χ4n) is 1.51. The molecule has 0 aliphatic rings. The zero-order valence-electron chi connectivity index (χ0n) is 11.6. The van der Waals surface area contributed by atoms with E-state index < -0.39 is 11.4 Å². The Morgan fingerprint density at radius 3 is 2.79 bits per heavy atom. The molecule has 1 heterocycles. The minimum absolute atomic E-state index is 0.00105. The third-order valence-corrected chi connectivity index (χ3v) is 4.97. The predicted octanol–water partition coefficient (Wildman–Crippen LogP) is 3.90. The van der Waals surface area contributed by atoms with Crippen molar-refractivity contribution in [2.75, 3.05) is 0 Å². The van der Waals surface area contributed by atoms with E-state index in [-0.39, 0.29) is 10.8 Å². The molecule has 1 N–H and O–H groups in total. The molecule has 2 atom stereocenters. The second kappa shape index (κ2) is 7.43. The van der Waals surface area contributed by atoms with E-state index in [0.717, 1.165) is 22.9 Å². The first-order chi connectivity index (χ1) is 8.86. The summed E-state index contributed by atoms with van der Waals surface area (Å²) in [5.74, 6) is 0. The maximum Gasteiger partial charge on any atom is 0.136 e. The molecule has 0 saturated heterocycles. The molecule has 0 unspecified atom stereocenters. The second-order valence-corrected chi connectivity index (χ2v) is 8.17. The molecule has 1 rings (SSSR count). The van der Waals surface area contributed by atoms with E-state index in [1.54, 1.807) is 6.20 Å². The maximum atomic E-state index is 12.3. The highest BCUT2D eigenvalue weighted by Gasteiger charge is 2.30. The molecular weight excluding hydrogens is 324 g/mol. The van der Waals surface area contributed by atoms with Gasteiger partial charge in [-0.15, -0.1) is 11.3 Å². The van der Waals surface area contributed by atoms with Crippen molar-refractivity contribution in [2.45, 2.75) is 44.4 Å². The van der Waals surface area contributed by atoms with E-state index in [1.165, 1.54) is 0 Å². The number of allylic oxidation sites excluding steroid dienone is 1. The lowest BCUT2D eigenvalue weighted by Crippen LogP contribution is -2.41. The van der Waals surface area contributed by atoms with Gasteiger partial charge >= 0.3 is 0 Å². The van der Waals surface area contributed by atoms with Crippen LogP contribution in [0.3, 0.4) is 0 Å². The Bertz CT molecular complexity index is 420. The molecule has 3 nitrogen and oxygen atoms in total. The summed E-state index contributed by atoms with van der Waals surface area (Å²) in [7, 11) is 0. The molecule has 1 aromatic rings. The summed E-state index contributed by atoms with van der Waals surface area (Å²) < 4.78 is 16.2. The van der Waals surface area contributed by atoms with Gasteiger partial charge in [0.15, 0.2) is 0 Å². The summed E-state index contributed by atoms with van der Waals surface area (Å²) in [4.78, 5) is 4.15. The number of hydrogen-bond donors (Lipinski definition) is 1. The minimum Gasteiger partial charge on any atom is -0.598 e. The van der Waals surface area contributed by atoms with Gasteiger partial charge < -0.3 is 4.55 Å². The SMILES string of the molecule is C=CCC[C@@H](N[S@@+]([O-])C(C)(C)C)c1cnccc1Br. The van der Waals surface area contributed by atoms with Crippen molar-refractivity contribution in [2.24, 2.45) is 0 Å². The Labute approximate surface area is 127 Å². The molecule has 0 spiro atoms. The predicted molar refractivity (Wildman–Crippen MR) is 85.1 cm³/mol. The molecule has 0 radical (unpaired) electrons. The molecule has 0 amide bonds. The summed E-state index contributed by atoms with van der Waals surface area (Å²) in [6.07, 6.45) is 7.12. The van der Waals surface area contributed by atoms with Crippen LogP contribution in [0.2, 0.25) is 0 Å². The van der Waals surface area contributed by atoms with Gasteiger partial charge in [-0.25, -0.2) is 0 Å². The van der Waals surface area contributed by atoms with Gasteiger partial charge in [0.05, 0.1) is 6.04 Å². The van der Waals surface area contributed by atoms with Crippen LogP contribution in [0, 0.1) is 0 Å². The van der Waals surface area contributed by atoms with Crippen molar-refractivity contribution < 1.29 is 4.55 Å². The smallest absolute Gasteiger partial charge is 0.136 e. The molecule has 1 aromatic heterocycles. The van der Waals surface area contributed by atoms with Crippen LogP contribution in [0.1, 0.15) is 45.2 Å². The highest BCUT2D eigenvalue weighted by Crippen LogP contribution is 2.28. The van der Waals surface area contributed by atoms with Crippen molar-refractivity contribution >= 4 is 27.3 Å². The summed E-state index contributed by atoms with van der Waals surface area (Å²) in [5, 5.41) is 0. The number of pyridine rings is 1. The maximum absolute atomic E-state index is 12.3. The number of halogens is 1. The van der Waals surface area contributed by atoms with Crippen LogP contribution in [0.15, 0.2) is 35.6 Å². The van der Waals surface area contributed by atoms with Crippen LogP contribution in [0.4, 0.5) is 0 Å². The summed E-state index contributed by atoms with van der Waals surface area (Å²) in [5.41, 5.74) is 1.03. The largest absolute Gasteiger partial charge is 0.598 e. The zero-order valence-corrected chi connectivity index (χ0v) is 14.1. The summed E-state index contributed by atoms with van der Waals surface area (Å²) in [6, 6.07) is 1.90. The summed E-state index contributed by atoms with van der Waals surface area (Å²) in [6.45, 7) is 9.62. The first-order valence-corrected chi connectivity index (χ1v) is 8.19. The van der Waals surface area contributed by atoms with Crippen LogP contribution in [-0.2, 0) is 11.4 Å². The van der Waals surface area contributed by atoms with E-state index in [2.05, 4.69) is 32.2 Å². The Morgan fingerprint density at radius 1 is 1.58 bits per heavy atom. The van der Waals surface area contributed by atoms with Crippen molar-refractivity contribution in [3.8, 4) is 0 Å². The molecule has 0 fully saturated rings. The standard InChI is InChI=1S/C14H21BrN2OS/c1-5-6-7-13(17-19(18)14(2,3)4)11-10-16-9-8-12(11)15/h5,8-10,13,17H,1,6-7H2,2-4H3/t13-,19+/m1/s1. The van der Waals surface area contributed by atoms with Crippen molar-refractivity contribution in [1.29, 1.82) is 0 Å². The van der Waals surface area contributed by atoms with E-state index in [1.807, 2.05) is 39.1 Å². The van der Waals surface area contributed by atoms with Gasteiger partial charge in [-0.1, -0.05) is 22.0 Å². The topological polar surface area (TPSA) is 48.0 Å². The molecule has 0 saturated carbocycles. The third-order valence-electron chi connectivity index (χ3n) is 2.64. The first-order valence-electron chi connectivity index (χ1n) is 6.24. The molecular formula is C14H21BrN2OS. The van der Waals surface area contributed by atoms with Crippen molar-refractivity contribution in [1.82, 2.24) is 9.71 Å². The number of rotatable bonds is 6. The Morgan fingerprint density at radius 2 is 2.26 bits per heavy atom. The van der Waals surface area contributed by atoms with E-state index in [0.29, 0.717) is 0 Å². The van der Waals surface area contributed by atoms with Crippen LogP contribution in [-0.4, -0.2) is 14.3 Å². The minimum atomic E-state index is -1.11. The average Bonchev–Trinajstić information content (AvgIpc) is 2.34. The number of hydrogen-bond acceptors (Lipinski definition) is 3. The van der Waals surface area contributed by atoms with Gasteiger partial charge in [0, 0.05) is 33.8 Å². The van der Waals surface area contributed by atoms with Crippen LogP contribution >= 0.6 is 15.9 Å². The van der Waals surface area contributed by atoms with Gasteiger partial charge in [-0.3, -0.25) is 4.98 Å². The van der Waals surface area contributed by atoms with Gasteiger partial charge in [0.1, 0.15) is 4.75 Å². The molecule has 0 aliphatic carbocycles. The molecule has 0 aromatic carbocycles. The number of aromatic nitrogens is 1. The normalized spacial score (nSPS) is 15.0. The molecule has 106 valence electrons. The Balaban J connectivity index is 2.89. The highest BCUT2D eigenvalue weighted by molar-refractivity contribution is 9.10. The molecule has 0 aliphatic heterocycles. The number of nitrogens with zero attached hydrogens (tertiary/aromatic N) is 1. The number of nitrogens with one attached hydrogen (secondary N) is 1. The lowest BCUT2D eigenvalue weighted by molar-refractivity contribution is 0.512. The lowest BCUT2D eigenvalue weighted by atomic mass is 10.1. The molecule has 0 bridgehead atoms. The van der Waals surface area contributed by atoms with Crippen molar-refractivity contribution in [3.05, 3.63) is 41.2 Å². The highest BCUT2D eigenvalue weighted by atomic mass is 79.9. The first kappa shape index (κ1) is 16.7. The average molecular weight is 345 g/mol.